The smallest absolute Gasteiger partial charge is 0.288 e. The van der Waals surface area contributed by atoms with Crippen LogP contribution in [0.1, 0.15) is 13.3 Å². The van der Waals surface area contributed by atoms with E-state index in [9.17, 15) is 0 Å². The number of hydrogen-bond acceptors (Lipinski definition) is 1. The maximum atomic E-state index is 6.72. The zero-order chi connectivity index (χ0) is 5.70. The zero-order valence-electron chi connectivity index (χ0n) is 4.57. The largest absolute Gasteiger partial charge is 0.338 e. The first-order valence-electron chi connectivity index (χ1n) is 2.44. The van der Waals surface area contributed by atoms with Gasteiger partial charge in [-0.3, -0.25) is 5.32 Å². The number of nitrogens with two attached hydrogens (primary N) is 2. The number of rotatable bonds is 2. The highest BCUT2D eigenvalue weighted by molar-refractivity contribution is 5.63. The third-order valence-corrected chi connectivity index (χ3v) is 0.653. The molecule has 0 saturated carbocycles. The normalized spacial score (nSPS) is 8.71. The Balaban J connectivity index is 2.82. The minimum absolute atomic E-state index is 0.182. The first-order chi connectivity index (χ1) is 3.27. The van der Waals surface area contributed by atoms with Gasteiger partial charge in [-0.15, -0.1) is 0 Å². The van der Waals surface area contributed by atoms with E-state index in [1.807, 2.05) is 0 Å². The number of quaternary nitrogens is 1. The van der Waals surface area contributed by atoms with E-state index in [1.165, 1.54) is 0 Å². The summed E-state index contributed by atoms with van der Waals surface area (Å²) >= 11 is 0. The van der Waals surface area contributed by atoms with Crippen molar-refractivity contribution < 1.29 is 5.32 Å². The number of guanidine groups is 1. The van der Waals surface area contributed by atoms with Crippen molar-refractivity contribution in [2.24, 2.45) is 5.73 Å². The molecule has 0 aromatic heterocycles. The Hall–Kier alpha value is -0.570. The van der Waals surface area contributed by atoms with E-state index >= 15 is 0 Å². The molecule has 0 aromatic carbocycles. The third kappa shape index (κ3) is 5.43. The van der Waals surface area contributed by atoms with Crippen molar-refractivity contribution in [3.8, 4) is 0 Å². The molecule has 42 valence electrons. The summed E-state index contributed by atoms with van der Waals surface area (Å²) in [5, 5.41) is 8.43. The second-order valence-electron chi connectivity index (χ2n) is 1.45. The Morgan fingerprint density at radius 1 is 1.86 bits per heavy atom. The summed E-state index contributed by atoms with van der Waals surface area (Å²) in [5.41, 5.74) is 5.01. The summed E-state index contributed by atoms with van der Waals surface area (Å²) in [6, 6.07) is 0. The van der Waals surface area contributed by atoms with E-state index in [4.69, 9.17) is 11.1 Å². The molecule has 0 spiro atoms. The van der Waals surface area contributed by atoms with Crippen LogP contribution < -0.4 is 11.1 Å². The van der Waals surface area contributed by atoms with E-state index in [1.54, 1.807) is 5.32 Å². The maximum absolute atomic E-state index is 6.72. The van der Waals surface area contributed by atoms with Crippen LogP contribution in [0.25, 0.3) is 0 Å². The first kappa shape index (κ1) is 6.43. The summed E-state index contributed by atoms with van der Waals surface area (Å²) in [7, 11) is 0. The van der Waals surface area contributed by atoms with Gasteiger partial charge in [-0.1, -0.05) is 6.92 Å². The van der Waals surface area contributed by atoms with Gasteiger partial charge in [0.25, 0.3) is 5.96 Å². The van der Waals surface area contributed by atoms with Crippen molar-refractivity contribution >= 4 is 5.96 Å². The molecule has 0 aliphatic rings. The van der Waals surface area contributed by atoms with Gasteiger partial charge in [0, 0.05) is 0 Å². The van der Waals surface area contributed by atoms with Gasteiger partial charge in [-0.05, 0) is 6.42 Å². The van der Waals surface area contributed by atoms with Crippen LogP contribution in [-0.4, -0.2) is 12.5 Å². The molecule has 3 heteroatoms. The van der Waals surface area contributed by atoms with Gasteiger partial charge in [0.15, 0.2) is 0 Å². The average Bonchev–Trinajstić information content (AvgIpc) is 1.61. The second kappa shape index (κ2) is 3.61. The number of nitrogens with one attached hydrogen (secondary N) is 1. The van der Waals surface area contributed by atoms with Gasteiger partial charge in [0.05, 0.1) is 6.54 Å². The first-order valence-corrected chi connectivity index (χ1v) is 2.44. The molecule has 7 heavy (non-hydrogen) atoms. The SMILES string of the molecule is CCC[NH2+]C(=N)N. The quantitative estimate of drug-likeness (QED) is 0.299. The fourth-order valence-electron chi connectivity index (χ4n) is 0.300. The predicted molar refractivity (Wildman–Crippen MR) is 29.0 cm³/mol. The lowest BCUT2D eigenvalue weighted by atomic mass is 10.5. The Bertz CT molecular complexity index is 60.0. The molecule has 0 aliphatic heterocycles. The fourth-order valence-corrected chi connectivity index (χ4v) is 0.300. The molecular formula is C4H12N3+. The fraction of sp³-hybridized carbons (Fsp3) is 0.750. The standard InChI is InChI=1S/C4H11N3/c1-2-3-7-4(5)6/h2-3H2,1H3,(H4,5,6,7)/p+1. The van der Waals surface area contributed by atoms with E-state index < -0.39 is 0 Å². The molecule has 3 nitrogen and oxygen atoms in total. The second-order valence-corrected chi connectivity index (χ2v) is 1.45. The van der Waals surface area contributed by atoms with E-state index in [-0.39, 0.29) is 5.96 Å². The number of hydrogen-bond donors (Lipinski definition) is 3. The van der Waals surface area contributed by atoms with Crippen LogP contribution in [0.3, 0.4) is 0 Å². The molecule has 0 radical (unpaired) electrons. The predicted octanol–water partition coefficient (Wildman–Crippen LogP) is -1.15. The summed E-state index contributed by atoms with van der Waals surface area (Å²) in [4.78, 5) is 0. The molecular weight excluding hydrogens is 90.1 g/mol. The van der Waals surface area contributed by atoms with Crippen LogP contribution in [0.5, 0.6) is 0 Å². The monoisotopic (exact) mass is 102 g/mol. The van der Waals surface area contributed by atoms with Gasteiger partial charge in [0.2, 0.25) is 0 Å². The van der Waals surface area contributed by atoms with Gasteiger partial charge in [-0.25, -0.2) is 5.41 Å². The molecule has 0 atom stereocenters. The highest BCUT2D eigenvalue weighted by Crippen LogP contribution is 1.57. The Morgan fingerprint density at radius 3 is 2.57 bits per heavy atom. The lowest BCUT2D eigenvalue weighted by Gasteiger charge is -1.90. The van der Waals surface area contributed by atoms with Gasteiger partial charge in [-0.2, -0.15) is 0 Å². The van der Waals surface area contributed by atoms with Gasteiger partial charge >= 0.3 is 0 Å². The molecule has 0 rings (SSSR count). The Morgan fingerprint density at radius 2 is 2.43 bits per heavy atom. The molecule has 0 fully saturated rings. The lowest BCUT2D eigenvalue weighted by Crippen LogP contribution is -2.90. The van der Waals surface area contributed by atoms with Crippen LogP contribution in [-0.2, 0) is 0 Å². The van der Waals surface area contributed by atoms with Crippen LogP contribution in [0.4, 0.5) is 0 Å². The molecule has 0 aromatic rings. The molecule has 0 heterocycles. The summed E-state index contributed by atoms with van der Waals surface area (Å²) < 4.78 is 0. The summed E-state index contributed by atoms with van der Waals surface area (Å²) in [5.74, 6) is 0.182. The summed E-state index contributed by atoms with van der Waals surface area (Å²) in [6.07, 6.45) is 1.07. The molecule has 0 saturated heterocycles. The van der Waals surface area contributed by atoms with Crippen molar-refractivity contribution in [3.63, 3.8) is 0 Å². The summed E-state index contributed by atoms with van der Waals surface area (Å²) in [6.45, 7) is 2.98. The van der Waals surface area contributed by atoms with Crippen LogP contribution >= 0.6 is 0 Å². The van der Waals surface area contributed by atoms with E-state index in [0.717, 1.165) is 13.0 Å². The topological polar surface area (TPSA) is 66.5 Å². The van der Waals surface area contributed by atoms with Crippen LogP contribution in [0, 0.1) is 5.41 Å². The maximum Gasteiger partial charge on any atom is 0.288 e. The molecule has 5 N–H and O–H groups in total. The minimum Gasteiger partial charge on any atom is -0.338 e. The van der Waals surface area contributed by atoms with E-state index in [0.29, 0.717) is 0 Å². The van der Waals surface area contributed by atoms with Crippen LogP contribution in [0.15, 0.2) is 0 Å². The van der Waals surface area contributed by atoms with E-state index in [2.05, 4.69) is 6.92 Å². The van der Waals surface area contributed by atoms with Gasteiger partial charge < -0.3 is 5.73 Å². The third-order valence-electron chi connectivity index (χ3n) is 0.653. The minimum atomic E-state index is 0.182. The Labute approximate surface area is 43.4 Å². The van der Waals surface area contributed by atoms with Crippen molar-refractivity contribution in [1.82, 2.24) is 0 Å². The molecule has 0 aliphatic carbocycles. The van der Waals surface area contributed by atoms with Crippen molar-refractivity contribution in [2.75, 3.05) is 6.54 Å². The molecule has 0 unspecified atom stereocenters. The average molecular weight is 102 g/mol. The molecule has 0 amide bonds. The van der Waals surface area contributed by atoms with Crippen LogP contribution in [0.2, 0.25) is 0 Å². The Kier molecular flexibility index (Phi) is 3.32. The van der Waals surface area contributed by atoms with Crippen molar-refractivity contribution in [3.05, 3.63) is 0 Å². The zero-order valence-corrected chi connectivity index (χ0v) is 4.57. The lowest BCUT2D eigenvalue weighted by molar-refractivity contribution is -0.542. The highest BCUT2D eigenvalue weighted by atomic mass is 15.0. The van der Waals surface area contributed by atoms with Crippen molar-refractivity contribution in [2.45, 2.75) is 13.3 Å². The van der Waals surface area contributed by atoms with Crippen molar-refractivity contribution in [1.29, 1.82) is 5.41 Å². The molecule has 0 bridgehead atoms. The van der Waals surface area contributed by atoms with Gasteiger partial charge in [0.1, 0.15) is 0 Å². The highest BCUT2D eigenvalue weighted by Gasteiger charge is 1.85.